The van der Waals surface area contributed by atoms with Crippen LogP contribution in [0.4, 0.5) is 13.2 Å². The van der Waals surface area contributed by atoms with E-state index in [9.17, 15) is 26.4 Å². The van der Waals surface area contributed by atoms with E-state index in [0.717, 1.165) is 12.1 Å². The third-order valence-corrected chi connectivity index (χ3v) is 7.80. The fourth-order valence-electron chi connectivity index (χ4n) is 3.04. The molecule has 5 nitrogen and oxygen atoms in total. The minimum atomic E-state index is -4.61. The summed E-state index contributed by atoms with van der Waals surface area (Å²) in [6, 6.07) is 3.60. The maximum absolute atomic E-state index is 13.0. The van der Waals surface area contributed by atoms with Gasteiger partial charge >= 0.3 is 6.18 Å². The van der Waals surface area contributed by atoms with Crippen LogP contribution in [0, 0.1) is 5.92 Å². The Kier molecular flexibility index (Phi) is 5.44. The number of hydrogen-bond donors (Lipinski definition) is 2. The van der Waals surface area contributed by atoms with Gasteiger partial charge in [0.25, 0.3) is 0 Å². The molecule has 1 aromatic carbocycles. The SMILES string of the molecule is CC(C)(N)C(=O)NC1CC(C(C)(C)S(=O)(=O)c2cccc(C(F)(F)F)c2)C1. The highest BCUT2D eigenvalue weighted by Crippen LogP contribution is 2.44. The van der Waals surface area contributed by atoms with Gasteiger partial charge in [-0.1, -0.05) is 6.07 Å². The lowest BCUT2D eigenvalue weighted by atomic mass is 9.73. The zero-order valence-corrected chi connectivity index (χ0v) is 16.5. The van der Waals surface area contributed by atoms with Gasteiger partial charge in [0.2, 0.25) is 5.91 Å². The zero-order valence-electron chi connectivity index (χ0n) is 15.7. The Morgan fingerprint density at radius 3 is 2.19 bits per heavy atom. The molecule has 1 aliphatic carbocycles. The summed E-state index contributed by atoms with van der Waals surface area (Å²) >= 11 is 0. The number of amides is 1. The molecule has 0 unspecified atom stereocenters. The van der Waals surface area contributed by atoms with Crippen molar-refractivity contribution in [3.05, 3.63) is 29.8 Å². The fraction of sp³-hybridized carbons (Fsp3) is 0.611. The van der Waals surface area contributed by atoms with E-state index in [4.69, 9.17) is 5.73 Å². The van der Waals surface area contributed by atoms with Crippen molar-refractivity contribution in [1.82, 2.24) is 5.32 Å². The van der Waals surface area contributed by atoms with Crippen molar-refractivity contribution in [3.63, 3.8) is 0 Å². The van der Waals surface area contributed by atoms with E-state index in [2.05, 4.69) is 5.32 Å². The van der Waals surface area contributed by atoms with Gasteiger partial charge in [-0.25, -0.2) is 8.42 Å². The molecule has 0 radical (unpaired) electrons. The van der Waals surface area contributed by atoms with Crippen LogP contribution in [0.25, 0.3) is 0 Å². The molecule has 0 aromatic heterocycles. The van der Waals surface area contributed by atoms with E-state index in [1.165, 1.54) is 19.9 Å². The average Bonchev–Trinajstić information content (AvgIpc) is 2.48. The maximum atomic E-state index is 13.0. The summed E-state index contributed by atoms with van der Waals surface area (Å²) < 4.78 is 63.4. The van der Waals surface area contributed by atoms with Crippen molar-refractivity contribution in [2.24, 2.45) is 11.7 Å². The van der Waals surface area contributed by atoms with Crippen molar-refractivity contribution in [2.45, 2.75) is 67.9 Å². The molecule has 0 heterocycles. The molecule has 1 aliphatic rings. The summed E-state index contributed by atoms with van der Waals surface area (Å²) in [5.41, 5.74) is 3.69. The molecule has 0 aliphatic heterocycles. The second kappa shape index (κ2) is 6.77. The molecular formula is C18H25F3N2O3S. The number of hydrogen-bond acceptors (Lipinski definition) is 4. The first-order chi connectivity index (χ1) is 12.1. The molecular weight excluding hydrogens is 381 g/mol. The van der Waals surface area contributed by atoms with Crippen LogP contribution in [0.5, 0.6) is 0 Å². The Balaban J connectivity index is 2.16. The topological polar surface area (TPSA) is 89.3 Å². The molecule has 1 amide bonds. The third kappa shape index (κ3) is 4.29. The van der Waals surface area contributed by atoms with Gasteiger partial charge in [0.15, 0.2) is 9.84 Å². The van der Waals surface area contributed by atoms with E-state index in [0.29, 0.717) is 18.9 Å². The Morgan fingerprint density at radius 1 is 1.15 bits per heavy atom. The highest BCUT2D eigenvalue weighted by Gasteiger charge is 2.49. The maximum Gasteiger partial charge on any atom is 0.416 e. The first-order valence-corrected chi connectivity index (χ1v) is 10.1. The summed E-state index contributed by atoms with van der Waals surface area (Å²) in [5, 5.41) is 2.77. The van der Waals surface area contributed by atoms with Crippen molar-refractivity contribution in [3.8, 4) is 0 Å². The van der Waals surface area contributed by atoms with Gasteiger partial charge in [0.05, 0.1) is 20.7 Å². The molecule has 3 N–H and O–H groups in total. The van der Waals surface area contributed by atoms with Gasteiger partial charge in [-0.15, -0.1) is 0 Å². The van der Waals surface area contributed by atoms with E-state index in [-0.39, 0.29) is 22.8 Å². The standard InChI is InChI=1S/C18H25F3N2O3S/c1-16(2,22)15(24)23-13-8-12(9-13)17(3,4)27(25,26)14-7-5-6-11(10-14)18(19,20)21/h5-7,10,12-13H,8-9,22H2,1-4H3,(H,23,24). The summed E-state index contributed by atoms with van der Waals surface area (Å²) in [6.45, 7) is 6.16. The molecule has 1 fully saturated rings. The molecule has 2 rings (SSSR count). The zero-order chi connectivity index (χ0) is 20.8. The lowest BCUT2D eigenvalue weighted by Gasteiger charge is -2.45. The van der Waals surface area contributed by atoms with Crippen LogP contribution >= 0.6 is 0 Å². The Labute approximate surface area is 157 Å². The summed E-state index contributed by atoms with van der Waals surface area (Å²) in [5.74, 6) is -0.618. The molecule has 0 atom stereocenters. The van der Waals surface area contributed by atoms with E-state index < -0.39 is 31.9 Å². The van der Waals surface area contributed by atoms with Crippen molar-refractivity contribution < 1.29 is 26.4 Å². The molecule has 0 bridgehead atoms. The molecule has 27 heavy (non-hydrogen) atoms. The second-order valence-electron chi connectivity index (χ2n) is 8.19. The Hall–Kier alpha value is -1.61. The smallest absolute Gasteiger partial charge is 0.352 e. The average molecular weight is 406 g/mol. The van der Waals surface area contributed by atoms with Crippen molar-refractivity contribution >= 4 is 15.7 Å². The van der Waals surface area contributed by atoms with E-state index >= 15 is 0 Å². The van der Waals surface area contributed by atoms with E-state index in [1.54, 1.807) is 13.8 Å². The van der Waals surface area contributed by atoms with Crippen LogP contribution in [0.2, 0.25) is 0 Å². The van der Waals surface area contributed by atoms with Gasteiger partial charge in [0.1, 0.15) is 0 Å². The number of nitrogens with one attached hydrogen (secondary N) is 1. The van der Waals surface area contributed by atoms with Crippen molar-refractivity contribution in [1.29, 1.82) is 0 Å². The number of alkyl halides is 3. The van der Waals surface area contributed by atoms with Crippen LogP contribution < -0.4 is 11.1 Å². The molecule has 9 heteroatoms. The number of rotatable bonds is 5. The number of carbonyl (C=O) groups excluding carboxylic acids is 1. The lowest BCUT2D eigenvalue weighted by molar-refractivity contribution is -0.137. The number of nitrogens with two attached hydrogens (primary N) is 1. The second-order valence-corrected chi connectivity index (χ2v) is 10.7. The Bertz CT molecular complexity index is 821. The quantitative estimate of drug-likeness (QED) is 0.787. The van der Waals surface area contributed by atoms with Crippen LogP contribution in [0.15, 0.2) is 29.2 Å². The van der Waals surface area contributed by atoms with Crippen LogP contribution in [0.1, 0.15) is 46.1 Å². The monoisotopic (exact) mass is 406 g/mol. The predicted octanol–water partition coefficient (Wildman–Crippen LogP) is 2.89. The van der Waals surface area contributed by atoms with Gasteiger partial charge in [0, 0.05) is 6.04 Å². The predicted molar refractivity (Wildman–Crippen MR) is 95.6 cm³/mol. The van der Waals surface area contributed by atoms with Crippen LogP contribution in [-0.2, 0) is 20.8 Å². The van der Waals surface area contributed by atoms with Gasteiger partial charge < -0.3 is 11.1 Å². The minimum Gasteiger partial charge on any atom is -0.352 e. The van der Waals surface area contributed by atoms with Crippen molar-refractivity contribution in [2.75, 3.05) is 0 Å². The number of halogens is 3. The van der Waals surface area contributed by atoms with E-state index in [1.807, 2.05) is 0 Å². The highest BCUT2D eigenvalue weighted by atomic mass is 32.2. The number of sulfone groups is 1. The molecule has 0 saturated heterocycles. The number of carbonyl (C=O) groups is 1. The first kappa shape index (κ1) is 21.7. The van der Waals surface area contributed by atoms with Gasteiger partial charge in [-0.05, 0) is 64.7 Å². The highest BCUT2D eigenvalue weighted by molar-refractivity contribution is 7.92. The fourth-order valence-corrected chi connectivity index (χ4v) is 4.82. The van der Waals surface area contributed by atoms with Gasteiger partial charge in [-0.2, -0.15) is 13.2 Å². The molecule has 1 saturated carbocycles. The van der Waals surface area contributed by atoms with Crippen LogP contribution in [0.3, 0.4) is 0 Å². The first-order valence-electron chi connectivity index (χ1n) is 8.58. The van der Waals surface area contributed by atoms with Gasteiger partial charge in [-0.3, -0.25) is 4.79 Å². The summed E-state index contributed by atoms with van der Waals surface area (Å²) in [4.78, 5) is 11.6. The third-order valence-electron chi connectivity index (χ3n) is 5.21. The number of benzene rings is 1. The molecule has 0 spiro atoms. The summed E-state index contributed by atoms with van der Waals surface area (Å²) in [7, 11) is -4.00. The van der Waals surface area contributed by atoms with Crippen LogP contribution in [-0.4, -0.2) is 30.7 Å². The Morgan fingerprint density at radius 2 is 1.70 bits per heavy atom. The normalized spacial score (nSPS) is 21.5. The minimum absolute atomic E-state index is 0.193. The lowest BCUT2D eigenvalue weighted by Crippen LogP contribution is -2.58. The largest absolute Gasteiger partial charge is 0.416 e. The molecule has 152 valence electrons. The molecule has 1 aromatic rings. The summed E-state index contributed by atoms with van der Waals surface area (Å²) in [6.07, 6.45) is -3.77.